The molecule has 0 bridgehead atoms. The van der Waals surface area contributed by atoms with Gasteiger partial charge in [-0.15, -0.1) is 0 Å². The van der Waals surface area contributed by atoms with Crippen LogP contribution in [0.5, 0.6) is 0 Å². The van der Waals surface area contributed by atoms with Crippen molar-refractivity contribution in [1.29, 1.82) is 0 Å². The molecule has 33 heavy (non-hydrogen) atoms. The Hall–Kier alpha value is -2.72. The predicted octanol–water partition coefficient (Wildman–Crippen LogP) is 4.58. The van der Waals surface area contributed by atoms with Crippen LogP contribution in [0.1, 0.15) is 22.8 Å². The lowest BCUT2D eigenvalue weighted by Crippen LogP contribution is -2.42. The Morgan fingerprint density at radius 1 is 1.21 bits per heavy atom. The van der Waals surface area contributed by atoms with Crippen LogP contribution in [-0.4, -0.2) is 61.6 Å². The molecule has 0 aliphatic carbocycles. The number of fused-ring (bicyclic) bond motifs is 1. The second-order valence-corrected chi connectivity index (χ2v) is 13.2. The van der Waals surface area contributed by atoms with Crippen LogP contribution in [0.4, 0.5) is 19.0 Å². The summed E-state index contributed by atoms with van der Waals surface area (Å²) in [5.41, 5.74) is 1.41. The number of nitrogens with zero attached hydrogens (tertiary/aromatic N) is 6. The third-order valence-corrected chi connectivity index (χ3v) is 9.16. The van der Waals surface area contributed by atoms with Crippen LogP contribution in [0.15, 0.2) is 37.1 Å². The first-order valence-corrected chi connectivity index (χ1v) is 13.7. The number of piperidine rings is 1. The minimum absolute atomic E-state index is 0.0162. The van der Waals surface area contributed by atoms with Crippen molar-refractivity contribution in [3.05, 3.63) is 47.5 Å². The quantitative estimate of drug-likeness (QED) is 0.417. The van der Waals surface area contributed by atoms with Crippen molar-refractivity contribution < 1.29 is 17.7 Å². The molecule has 0 amide bonds. The van der Waals surface area contributed by atoms with Gasteiger partial charge in [-0.2, -0.15) is 18.3 Å². The van der Waals surface area contributed by atoms with E-state index < -0.39 is 18.2 Å². The van der Waals surface area contributed by atoms with Crippen LogP contribution < -0.4 is 4.90 Å². The van der Waals surface area contributed by atoms with Crippen molar-refractivity contribution in [3.63, 3.8) is 0 Å². The molecule has 8 nitrogen and oxygen atoms in total. The molecule has 0 aromatic carbocycles. The van der Waals surface area contributed by atoms with Gasteiger partial charge in [-0.25, -0.2) is 15.0 Å². The second-order valence-electron chi connectivity index (χ2n) is 8.58. The SMILES string of the molecule is CP(C)(=O)C1CC(c2cn[nH]c2)CN(c2ccnc(-c3cnc4sc(C(F)(F)F)cn34)n2)C1. The molecule has 13 heteroatoms. The van der Waals surface area contributed by atoms with Crippen molar-refractivity contribution in [2.75, 3.05) is 31.3 Å². The van der Waals surface area contributed by atoms with E-state index in [1.165, 1.54) is 10.6 Å². The number of aromatic amines is 1. The molecule has 5 heterocycles. The molecule has 1 fully saturated rings. The van der Waals surface area contributed by atoms with Crippen LogP contribution in [0.2, 0.25) is 0 Å². The minimum Gasteiger partial charge on any atom is -0.355 e. The smallest absolute Gasteiger partial charge is 0.355 e. The van der Waals surface area contributed by atoms with Gasteiger partial charge >= 0.3 is 6.18 Å². The van der Waals surface area contributed by atoms with Gasteiger partial charge in [-0.05, 0) is 31.4 Å². The second kappa shape index (κ2) is 7.95. The van der Waals surface area contributed by atoms with E-state index in [9.17, 15) is 17.7 Å². The zero-order valence-electron chi connectivity index (χ0n) is 17.8. The van der Waals surface area contributed by atoms with Gasteiger partial charge in [0.2, 0.25) is 0 Å². The normalized spacial score (nSPS) is 20.0. The molecular formula is C20H21F3N7OPS. The van der Waals surface area contributed by atoms with Crippen LogP contribution in [-0.2, 0) is 10.7 Å². The molecule has 1 aliphatic heterocycles. The molecule has 0 spiro atoms. The highest BCUT2D eigenvalue weighted by Crippen LogP contribution is 2.49. The lowest BCUT2D eigenvalue weighted by Gasteiger charge is -2.39. The number of rotatable bonds is 4. The Kier molecular flexibility index (Phi) is 5.32. The topological polar surface area (TPSA) is 92.1 Å². The summed E-state index contributed by atoms with van der Waals surface area (Å²) < 4.78 is 53.7. The average molecular weight is 495 g/mol. The van der Waals surface area contributed by atoms with Crippen molar-refractivity contribution in [1.82, 2.24) is 29.5 Å². The standard InChI is InChI=1S/C20H21F3N7OPS/c1-32(2,31)14-5-12(13-6-26-27-7-13)9-29(10-14)17-3-4-24-18(28-17)15-8-25-19-30(15)11-16(33-19)20(21,22)23/h3-4,6-8,11-12,14H,5,9-10H2,1-2H3,(H,26,27). The monoisotopic (exact) mass is 495 g/mol. The fraction of sp³-hybridized carbons (Fsp3) is 0.400. The van der Waals surface area contributed by atoms with E-state index in [1.54, 1.807) is 31.8 Å². The Bertz CT molecular complexity index is 1330. The van der Waals surface area contributed by atoms with E-state index in [-0.39, 0.29) is 22.4 Å². The number of hydrogen-bond donors (Lipinski definition) is 1. The summed E-state index contributed by atoms with van der Waals surface area (Å²) in [5, 5.41) is 6.89. The van der Waals surface area contributed by atoms with Crippen molar-refractivity contribution in [2.24, 2.45) is 0 Å². The van der Waals surface area contributed by atoms with Crippen molar-refractivity contribution in [2.45, 2.75) is 24.2 Å². The molecule has 4 aromatic rings. The van der Waals surface area contributed by atoms with E-state index in [2.05, 4.69) is 30.0 Å². The fourth-order valence-corrected chi connectivity index (χ4v) is 6.34. The minimum atomic E-state index is -4.44. The summed E-state index contributed by atoms with van der Waals surface area (Å²) >= 11 is 0.575. The Morgan fingerprint density at radius 3 is 2.73 bits per heavy atom. The van der Waals surface area contributed by atoms with Gasteiger partial charge in [0.1, 0.15) is 16.4 Å². The lowest BCUT2D eigenvalue weighted by atomic mass is 9.92. The number of anilines is 1. The average Bonchev–Trinajstić information content (AvgIpc) is 3.49. The zero-order valence-corrected chi connectivity index (χ0v) is 19.5. The van der Waals surface area contributed by atoms with Crippen molar-refractivity contribution in [3.8, 4) is 11.5 Å². The molecule has 1 N–H and O–H groups in total. The number of aromatic nitrogens is 6. The first-order chi connectivity index (χ1) is 15.6. The first-order valence-electron chi connectivity index (χ1n) is 10.3. The number of nitrogens with one attached hydrogen (secondary N) is 1. The zero-order chi connectivity index (χ0) is 23.4. The largest absolute Gasteiger partial charge is 0.427 e. The van der Waals surface area contributed by atoms with Gasteiger partial charge in [0.05, 0.1) is 19.5 Å². The molecule has 1 saturated heterocycles. The number of thiazole rings is 1. The van der Waals surface area contributed by atoms with E-state index >= 15 is 0 Å². The van der Waals surface area contributed by atoms with E-state index in [4.69, 9.17) is 0 Å². The van der Waals surface area contributed by atoms with Crippen LogP contribution >= 0.6 is 18.5 Å². The predicted molar refractivity (Wildman–Crippen MR) is 120 cm³/mol. The maximum Gasteiger partial charge on any atom is 0.427 e. The van der Waals surface area contributed by atoms with E-state index in [0.717, 1.165) is 18.2 Å². The fourth-order valence-electron chi connectivity index (χ4n) is 4.17. The molecule has 4 aromatic heterocycles. The highest BCUT2D eigenvalue weighted by Gasteiger charge is 2.36. The summed E-state index contributed by atoms with van der Waals surface area (Å²) in [4.78, 5) is 14.6. The molecule has 2 unspecified atom stereocenters. The molecule has 5 rings (SSSR count). The molecule has 174 valence electrons. The number of halogens is 3. The molecule has 1 aliphatic rings. The maximum absolute atomic E-state index is 13.1. The molecular weight excluding hydrogens is 474 g/mol. The first kappa shape index (κ1) is 22.1. The van der Waals surface area contributed by atoms with Gasteiger partial charge in [0, 0.05) is 43.3 Å². The Morgan fingerprint density at radius 2 is 2.03 bits per heavy atom. The summed E-state index contributed by atoms with van der Waals surface area (Å²) in [5.74, 6) is 1.04. The van der Waals surface area contributed by atoms with Gasteiger partial charge in [-0.3, -0.25) is 9.50 Å². The van der Waals surface area contributed by atoms with Crippen LogP contribution in [0.25, 0.3) is 16.5 Å². The summed E-state index contributed by atoms with van der Waals surface area (Å²) in [6, 6.07) is 1.77. The van der Waals surface area contributed by atoms with Crippen molar-refractivity contribution >= 4 is 29.3 Å². The van der Waals surface area contributed by atoms with Crippen LogP contribution in [0.3, 0.4) is 0 Å². The Labute approximate surface area is 191 Å². The van der Waals surface area contributed by atoms with E-state index in [0.29, 0.717) is 35.9 Å². The number of alkyl halides is 3. The third-order valence-electron chi connectivity index (χ3n) is 5.98. The molecule has 0 radical (unpaired) electrons. The summed E-state index contributed by atoms with van der Waals surface area (Å²) in [7, 11) is -2.38. The van der Waals surface area contributed by atoms with Gasteiger partial charge < -0.3 is 9.46 Å². The third kappa shape index (κ3) is 4.29. The summed E-state index contributed by atoms with van der Waals surface area (Å²) in [6.45, 7) is 4.84. The highest BCUT2D eigenvalue weighted by atomic mass is 32.1. The number of hydrogen-bond acceptors (Lipinski definition) is 7. The van der Waals surface area contributed by atoms with Gasteiger partial charge in [0.25, 0.3) is 0 Å². The Balaban J connectivity index is 1.50. The van der Waals surface area contributed by atoms with Gasteiger partial charge in [0.15, 0.2) is 10.8 Å². The highest BCUT2D eigenvalue weighted by molar-refractivity contribution is 7.63. The van der Waals surface area contributed by atoms with E-state index in [1.807, 2.05) is 6.20 Å². The van der Waals surface area contributed by atoms with Gasteiger partial charge in [-0.1, -0.05) is 11.3 Å². The number of H-pyrrole nitrogens is 1. The molecule has 2 atom stereocenters. The lowest BCUT2D eigenvalue weighted by molar-refractivity contribution is -0.134. The molecule has 0 saturated carbocycles. The maximum atomic E-state index is 13.1. The van der Waals surface area contributed by atoms with Crippen LogP contribution in [0, 0.1) is 0 Å². The summed E-state index contributed by atoms with van der Waals surface area (Å²) in [6.07, 6.45) is 4.07. The number of imidazole rings is 1.